The molecule has 0 aliphatic heterocycles. The number of aromatic nitrogens is 1. The normalized spacial score (nSPS) is 9.27. The van der Waals surface area contributed by atoms with Gasteiger partial charge in [0.15, 0.2) is 0 Å². The summed E-state index contributed by atoms with van der Waals surface area (Å²) in [6.45, 7) is 0.729. The van der Waals surface area contributed by atoms with Crippen LogP contribution in [0.25, 0.3) is 0 Å². The van der Waals surface area contributed by atoms with Crippen molar-refractivity contribution in [3.8, 4) is 12.3 Å². The van der Waals surface area contributed by atoms with Gasteiger partial charge in [0.05, 0.1) is 0 Å². The minimum absolute atomic E-state index is 0.0388. The average molecular weight is 204 g/mol. The Balaban J connectivity index is 2.51. The summed E-state index contributed by atoms with van der Waals surface area (Å²) in [6, 6.07) is 3.22. The van der Waals surface area contributed by atoms with Crippen molar-refractivity contribution in [1.82, 2.24) is 4.98 Å². The van der Waals surface area contributed by atoms with Crippen LogP contribution in [-0.2, 0) is 0 Å². The van der Waals surface area contributed by atoms with Crippen molar-refractivity contribution < 1.29 is 9.90 Å². The molecule has 2 N–H and O–H groups in total. The molecule has 0 saturated heterocycles. The summed E-state index contributed by atoms with van der Waals surface area (Å²) in [5.74, 6) is 1.51. The van der Waals surface area contributed by atoms with E-state index in [-0.39, 0.29) is 5.69 Å². The van der Waals surface area contributed by atoms with E-state index in [0.29, 0.717) is 6.42 Å². The predicted octanol–water partition coefficient (Wildman–Crippen LogP) is 1.61. The maximum atomic E-state index is 10.6. The van der Waals surface area contributed by atoms with Gasteiger partial charge in [-0.3, -0.25) is 0 Å². The van der Waals surface area contributed by atoms with Crippen LogP contribution in [0.3, 0.4) is 0 Å². The lowest BCUT2D eigenvalue weighted by molar-refractivity contribution is 0.0690. The van der Waals surface area contributed by atoms with Crippen molar-refractivity contribution >= 4 is 11.7 Å². The van der Waals surface area contributed by atoms with Gasteiger partial charge < -0.3 is 10.4 Å². The molecule has 0 unspecified atom stereocenters. The lowest BCUT2D eigenvalue weighted by atomic mass is 10.3. The molecule has 4 heteroatoms. The monoisotopic (exact) mass is 204 g/mol. The highest BCUT2D eigenvalue weighted by Crippen LogP contribution is 2.07. The molecular formula is C11H12N2O2. The van der Waals surface area contributed by atoms with Gasteiger partial charge in [0.2, 0.25) is 0 Å². The van der Waals surface area contributed by atoms with Crippen LogP contribution in [0.4, 0.5) is 5.69 Å². The van der Waals surface area contributed by atoms with E-state index in [0.717, 1.165) is 18.7 Å². The molecule has 0 aliphatic rings. The number of aromatic carboxylic acids is 1. The smallest absolute Gasteiger partial charge is 0.354 e. The summed E-state index contributed by atoms with van der Waals surface area (Å²) in [6.07, 6.45) is 8.15. The standard InChI is InChI=1S/C11H12N2O2/c1-2-3-4-6-12-9-5-7-13-10(8-9)11(14)15/h1,5,7-8H,3-4,6H2,(H,12,13)(H,14,15). The molecule has 0 bridgehead atoms. The van der Waals surface area contributed by atoms with E-state index in [1.54, 1.807) is 6.07 Å². The van der Waals surface area contributed by atoms with Crippen LogP contribution in [0.2, 0.25) is 0 Å². The number of carbonyl (C=O) groups is 1. The van der Waals surface area contributed by atoms with Crippen LogP contribution >= 0.6 is 0 Å². The summed E-state index contributed by atoms with van der Waals surface area (Å²) in [5.41, 5.74) is 0.788. The first-order chi connectivity index (χ1) is 7.24. The van der Waals surface area contributed by atoms with Crippen molar-refractivity contribution in [1.29, 1.82) is 0 Å². The molecule has 0 amide bonds. The van der Waals surface area contributed by atoms with Crippen LogP contribution in [-0.4, -0.2) is 22.6 Å². The van der Waals surface area contributed by atoms with E-state index in [1.807, 2.05) is 0 Å². The second-order valence-electron chi connectivity index (χ2n) is 2.97. The summed E-state index contributed by atoms with van der Waals surface area (Å²) >= 11 is 0. The topological polar surface area (TPSA) is 62.2 Å². The molecule has 78 valence electrons. The molecule has 0 atom stereocenters. The van der Waals surface area contributed by atoms with E-state index >= 15 is 0 Å². The molecule has 1 rings (SSSR count). The van der Waals surface area contributed by atoms with E-state index in [2.05, 4.69) is 16.2 Å². The average Bonchev–Trinajstić information content (AvgIpc) is 2.25. The van der Waals surface area contributed by atoms with Crippen molar-refractivity contribution in [3.63, 3.8) is 0 Å². The number of hydrogen-bond donors (Lipinski definition) is 2. The Labute approximate surface area is 88.3 Å². The zero-order valence-electron chi connectivity index (χ0n) is 8.23. The van der Waals surface area contributed by atoms with Crippen LogP contribution in [0.5, 0.6) is 0 Å². The second-order valence-corrected chi connectivity index (χ2v) is 2.97. The minimum Gasteiger partial charge on any atom is -0.477 e. The van der Waals surface area contributed by atoms with Crippen molar-refractivity contribution in [2.75, 3.05) is 11.9 Å². The first-order valence-electron chi connectivity index (χ1n) is 4.60. The van der Waals surface area contributed by atoms with Crippen LogP contribution in [0, 0.1) is 12.3 Å². The molecule has 0 fully saturated rings. The van der Waals surface area contributed by atoms with Crippen LogP contribution < -0.4 is 5.32 Å². The van der Waals surface area contributed by atoms with Gasteiger partial charge >= 0.3 is 5.97 Å². The van der Waals surface area contributed by atoms with Gasteiger partial charge in [0.25, 0.3) is 0 Å². The number of terminal acetylenes is 1. The third-order valence-electron chi connectivity index (χ3n) is 1.81. The van der Waals surface area contributed by atoms with Crippen molar-refractivity contribution in [2.24, 2.45) is 0 Å². The molecule has 0 spiro atoms. The summed E-state index contributed by atoms with van der Waals surface area (Å²) in [5, 5.41) is 11.8. The number of carboxylic acids is 1. The summed E-state index contributed by atoms with van der Waals surface area (Å²) in [4.78, 5) is 14.3. The number of unbranched alkanes of at least 4 members (excludes halogenated alkanes) is 1. The SMILES string of the molecule is C#CCCCNc1ccnc(C(=O)O)c1. The van der Waals surface area contributed by atoms with Gasteiger partial charge in [-0.25, -0.2) is 9.78 Å². The Morgan fingerprint density at radius 1 is 1.67 bits per heavy atom. The molecule has 1 aromatic heterocycles. The minimum atomic E-state index is -1.03. The number of anilines is 1. The Hall–Kier alpha value is -2.02. The first-order valence-corrected chi connectivity index (χ1v) is 4.60. The highest BCUT2D eigenvalue weighted by molar-refractivity contribution is 5.86. The molecule has 1 aromatic rings. The van der Waals surface area contributed by atoms with Gasteiger partial charge in [-0.1, -0.05) is 0 Å². The zero-order valence-corrected chi connectivity index (χ0v) is 8.23. The molecule has 0 saturated carbocycles. The zero-order chi connectivity index (χ0) is 11.1. The van der Waals surface area contributed by atoms with Gasteiger partial charge in [-0.05, 0) is 18.6 Å². The third kappa shape index (κ3) is 3.69. The van der Waals surface area contributed by atoms with Gasteiger partial charge in [0, 0.05) is 24.8 Å². The number of pyridine rings is 1. The largest absolute Gasteiger partial charge is 0.477 e. The maximum Gasteiger partial charge on any atom is 0.354 e. The fourth-order valence-corrected chi connectivity index (χ4v) is 1.08. The number of hydrogen-bond acceptors (Lipinski definition) is 3. The summed E-state index contributed by atoms with van der Waals surface area (Å²) < 4.78 is 0. The van der Waals surface area contributed by atoms with E-state index in [9.17, 15) is 4.79 Å². The predicted molar refractivity (Wildman–Crippen MR) is 57.8 cm³/mol. The van der Waals surface area contributed by atoms with Crippen LogP contribution in [0.1, 0.15) is 23.3 Å². The fraction of sp³-hybridized carbons (Fsp3) is 0.273. The molecule has 4 nitrogen and oxygen atoms in total. The van der Waals surface area contributed by atoms with Crippen molar-refractivity contribution in [3.05, 3.63) is 24.0 Å². The number of rotatable bonds is 5. The number of nitrogens with one attached hydrogen (secondary N) is 1. The summed E-state index contributed by atoms with van der Waals surface area (Å²) in [7, 11) is 0. The van der Waals surface area contributed by atoms with Gasteiger partial charge in [-0.2, -0.15) is 0 Å². The van der Waals surface area contributed by atoms with Gasteiger partial charge in [0.1, 0.15) is 5.69 Å². The molecule has 0 radical (unpaired) electrons. The van der Waals surface area contributed by atoms with E-state index < -0.39 is 5.97 Å². The lowest BCUT2D eigenvalue weighted by Gasteiger charge is -2.04. The quantitative estimate of drug-likeness (QED) is 0.565. The van der Waals surface area contributed by atoms with Crippen LogP contribution in [0.15, 0.2) is 18.3 Å². The Kier molecular flexibility index (Phi) is 4.17. The van der Waals surface area contributed by atoms with Gasteiger partial charge in [-0.15, -0.1) is 12.3 Å². The Morgan fingerprint density at radius 3 is 3.13 bits per heavy atom. The molecule has 0 aromatic carbocycles. The van der Waals surface area contributed by atoms with E-state index in [4.69, 9.17) is 11.5 Å². The lowest BCUT2D eigenvalue weighted by Crippen LogP contribution is -2.04. The molecule has 0 aliphatic carbocycles. The molecule has 15 heavy (non-hydrogen) atoms. The Bertz CT molecular complexity index is 382. The molecular weight excluding hydrogens is 192 g/mol. The fourth-order valence-electron chi connectivity index (χ4n) is 1.08. The highest BCUT2D eigenvalue weighted by Gasteiger charge is 2.03. The molecule has 1 heterocycles. The first kappa shape index (κ1) is 11.1. The highest BCUT2D eigenvalue weighted by atomic mass is 16.4. The maximum absolute atomic E-state index is 10.6. The van der Waals surface area contributed by atoms with Crippen molar-refractivity contribution in [2.45, 2.75) is 12.8 Å². The second kappa shape index (κ2) is 5.66. The van der Waals surface area contributed by atoms with E-state index in [1.165, 1.54) is 12.3 Å². The third-order valence-corrected chi connectivity index (χ3v) is 1.81. The Morgan fingerprint density at radius 2 is 2.47 bits per heavy atom. The number of carboxylic acid groups (broad SMARTS) is 1. The number of nitrogens with zero attached hydrogens (tertiary/aromatic N) is 1.